The summed E-state index contributed by atoms with van der Waals surface area (Å²) in [7, 11) is 0. The summed E-state index contributed by atoms with van der Waals surface area (Å²) in [6, 6.07) is 10.5. The van der Waals surface area contributed by atoms with Gasteiger partial charge in [-0.15, -0.1) is 0 Å². The number of ether oxygens (including phenoxy) is 1. The molecule has 2 fully saturated rings. The van der Waals surface area contributed by atoms with Crippen molar-refractivity contribution >= 4 is 40.4 Å². The summed E-state index contributed by atoms with van der Waals surface area (Å²) >= 11 is 0. The van der Waals surface area contributed by atoms with Crippen LogP contribution >= 0.6 is 0 Å². The average Bonchev–Trinajstić information content (AvgIpc) is 3.42. The van der Waals surface area contributed by atoms with Crippen LogP contribution in [0.2, 0.25) is 0 Å². The molecule has 0 spiro atoms. The SMILES string of the molecule is O=C(Nc1ccc(-c2nc(N3CCOCC3)c3cnn(C4CCN(C(=O)O)CC4)c3n2)cc1)Nc1cccnc1. The van der Waals surface area contributed by atoms with Crippen LogP contribution in [0.1, 0.15) is 18.9 Å². The molecule has 13 nitrogen and oxygen atoms in total. The van der Waals surface area contributed by atoms with Gasteiger partial charge in [0.2, 0.25) is 0 Å². The van der Waals surface area contributed by atoms with E-state index in [1.54, 1.807) is 42.9 Å². The van der Waals surface area contributed by atoms with Gasteiger partial charge in [-0.25, -0.2) is 24.2 Å². The number of anilines is 3. The molecule has 0 unspecified atom stereocenters. The fourth-order valence-electron chi connectivity index (χ4n) is 5.06. The molecule has 2 aliphatic rings. The maximum absolute atomic E-state index is 12.4. The zero-order chi connectivity index (χ0) is 27.5. The zero-order valence-electron chi connectivity index (χ0n) is 21.7. The minimum absolute atomic E-state index is 0.0401. The minimum Gasteiger partial charge on any atom is -0.465 e. The lowest BCUT2D eigenvalue weighted by Gasteiger charge is -2.30. The highest BCUT2D eigenvalue weighted by atomic mass is 16.5. The van der Waals surface area contributed by atoms with Crippen LogP contribution in [0.4, 0.5) is 26.8 Å². The van der Waals surface area contributed by atoms with E-state index in [2.05, 4.69) is 20.5 Å². The fraction of sp³-hybridized carbons (Fsp3) is 0.333. The highest BCUT2D eigenvalue weighted by molar-refractivity contribution is 5.99. The highest BCUT2D eigenvalue weighted by Crippen LogP contribution is 2.32. The van der Waals surface area contributed by atoms with E-state index in [0.29, 0.717) is 69.4 Å². The quantitative estimate of drug-likeness (QED) is 0.342. The number of aromatic nitrogens is 5. The van der Waals surface area contributed by atoms with Crippen LogP contribution in [0, 0.1) is 0 Å². The molecule has 3 amide bonds. The Balaban J connectivity index is 1.28. The van der Waals surface area contributed by atoms with Gasteiger partial charge in [0.1, 0.15) is 5.82 Å². The number of nitrogens with one attached hydrogen (secondary N) is 2. The summed E-state index contributed by atoms with van der Waals surface area (Å²) in [5.41, 5.74) is 2.73. The number of pyridine rings is 1. The molecule has 0 atom stereocenters. The maximum Gasteiger partial charge on any atom is 0.407 e. The van der Waals surface area contributed by atoms with Crippen molar-refractivity contribution in [1.82, 2.24) is 29.6 Å². The van der Waals surface area contributed by atoms with E-state index in [1.807, 2.05) is 16.8 Å². The van der Waals surface area contributed by atoms with Crippen LogP contribution in [0.15, 0.2) is 55.0 Å². The lowest BCUT2D eigenvalue weighted by Crippen LogP contribution is -2.38. The van der Waals surface area contributed by atoms with Gasteiger partial charge in [0.25, 0.3) is 0 Å². The third kappa shape index (κ3) is 5.36. The molecule has 0 saturated carbocycles. The van der Waals surface area contributed by atoms with Crippen LogP contribution in [0.3, 0.4) is 0 Å². The molecule has 2 aliphatic heterocycles. The molecule has 3 aromatic heterocycles. The lowest BCUT2D eigenvalue weighted by atomic mass is 10.1. The molecule has 0 aliphatic carbocycles. The summed E-state index contributed by atoms with van der Waals surface area (Å²) < 4.78 is 7.48. The number of likely N-dealkylation sites (tertiary alicyclic amines) is 1. The standard InChI is InChI=1S/C27H29N9O4/c37-26(31-20-2-1-9-28-16-20)30-19-5-3-18(4-6-19)23-32-24(34-12-14-40-15-13-34)22-17-29-36(25(22)33-23)21-7-10-35(11-8-21)27(38)39/h1-6,9,16-17,21H,7-8,10-15H2,(H,38,39)(H2,30,31,37). The Morgan fingerprint density at radius 1 is 0.925 bits per heavy atom. The van der Waals surface area contributed by atoms with Gasteiger partial charge >= 0.3 is 12.1 Å². The van der Waals surface area contributed by atoms with Crippen LogP contribution in [0.25, 0.3) is 22.4 Å². The summed E-state index contributed by atoms with van der Waals surface area (Å²) in [6.07, 6.45) is 5.45. The van der Waals surface area contributed by atoms with Crippen LogP contribution in [0.5, 0.6) is 0 Å². The van der Waals surface area contributed by atoms with Crippen molar-refractivity contribution in [2.45, 2.75) is 18.9 Å². The second-order valence-electron chi connectivity index (χ2n) is 9.70. The predicted octanol–water partition coefficient (Wildman–Crippen LogP) is 3.68. The molecule has 6 rings (SSSR count). The van der Waals surface area contributed by atoms with Crippen molar-refractivity contribution in [2.24, 2.45) is 0 Å². The first-order chi connectivity index (χ1) is 19.5. The summed E-state index contributed by atoms with van der Waals surface area (Å²) in [4.78, 5) is 41.3. The number of piperidine rings is 1. The Morgan fingerprint density at radius 2 is 1.68 bits per heavy atom. The number of rotatable bonds is 5. The fourth-order valence-corrected chi connectivity index (χ4v) is 5.06. The number of morpholine rings is 1. The largest absolute Gasteiger partial charge is 0.465 e. The number of fused-ring (bicyclic) bond motifs is 1. The molecular weight excluding hydrogens is 514 g/mol. The van der Waals surface area contributed by atoms with E-state index in [1.165, 1.54) is 4.90 Å². The lowest BCUT2D eigenvalue weighted by molar-refractivity contribution is 0.122. The maximum atomic E-state index is 12.4. The van der Waals surface area contributed by atoms with Crippen molar-refractivity contribution in [3.63, 3.8) is 0 Å². The number of urea groups is 1. The molecule has 0 bridgehead atoms. The van der Waals surface area contributed by atoms with Gasteiger partial charge < -0.3 is 30.3 Å². The smallest absolute Gasteiger partial charge is 0.407 e. The monoisotopic (exact) mass is 543 g/mol. The van der Waals surface area contributed by atoms with E-state index < -0.39 is 6.09 Å². The van der Waals surface area contributed by atoms with Crippen LogP contribution < -0.4 is 15.5 Å². The molecule has 1 aromatic carbocycles. The molecule has 40 heavy (non-hydrogen) atoms. The highest BCUT2D eigenvalue weighted by Gasteiger charge is 2.27. The van der Waals surface area contributed by atoms with E-state index in [0.717, 1.165) is 22.4 Å². The van der Waals surface area contributed by atoms with Crippen molar-refractivity contribution in [2.75, 3.05) is 54.9 Å². The topological polar surface area (TPSA) is 151 Å². The van der Waals surface area contributed by atoms with Gasteiger partial charge in [-0.1, -0.05) is 0 Å². The first-order valence-electron chi connectivity index (χ1n) is 13.2. The second kappa shape index (κ2) is 11.1. The summed E-state index contributed by atoms with van der Waals surface area (Å²) in [6.45, 7) is 3.57. The molecule has 3 N–H and O–H groups in total. The zero-order valence-corrected chi connectivity index (χ0v) is 21.7. The van der Waals surface area contributed by atoms with E-state index in [9.17, 15) is 14.7 Å². The van der Waals surface area contributed by atoms with E-state index in [4.69, 9.17) is 19.8 Å². The van der Waals surface area contributed by atoms with E-state index in [-0.39, 0.29) is 12.1 Å². The molecule has 4 aromatic rings. The van der Waals surface area contributed by atoms with Gasteiger partial charge in [-0.2, -0.15) is 5.10 Å². The Bertz CT molecular complexity index is 1500. The molecular formula is C27H29N9O4. The molecule has 5 heterocycles. The Morgan fingerprint density at radius 3 is 2.38 bits per heavy atom. The number of amides is 3. The average molecular weight is 544 g/mol. The number of carboxylic acid groups (broad SMARTS) is 1. The normalized spacial score (nSPS) is 16.2. The first kappa shape index (κ1) is 25.5. The van der Waals surface area contributed by atoms with Crippen molar-refractivity contribution < 1.29 is 19.4 Å². The second-order valence-corrected chi connectivity index (χ2v) is 9.70. The van der Waals surface area contributed by atoms with Gasteiger partial charge in [0.05, 0.1) is 42.7 Å². The number of hydrogen-bond donors (Lipinski definition) is 3. The molecule has 206 valence electrons. The van der Waals surface area contributed by atoms with Crippen LogP contribution in [-0.4, -0.2) is 86.3 Å². The first-order valence-corrected chi connectivity index (χ1v) is 13.2. The molecule has 13 heteroatoms. The predicted molar refractivity (Wildman–Crippen MR) is 149 cm³/mol. The summed E-state index contributed by atoms with van der Waals surface area (Å²) in [5, 5.41) is 20.5. The third-order valence-corrected chi connectivity index (χ3v) is 7.15. The van der Waals surface area contributed by atoms with Crippen molar-refractivity contribution in [3.8, 4) is 11.4 Å². The van der Waals surface area contributed by atoms with Gasteiger partial charge in [0.15, 0.2) is 11.5 Å². The molecule has 0 radical (unpaired) electrons. The van der Waals surface area contributed by atoms with Gasteiger partial charge in [0, 0.05) is 43.6 Å². The third-order valence-electron chi connectivity index (χ3n) is 7.15. The molecule has 2 saturated heterocycles. The van der Waals surface area contributed by atoms with Crippen LogP contribution in [-0.2, 0) is 4.74 Å². The minimum atomic E-state index is -0.893. The number of hydrogen-bond acceptors (Lipinski definition) is 8. The number of benzene rings is 1. The number of carbonyl (C=O) groups is 2. The van der Waals surface area contributed by atoms with Gasteiger partial charge in [-0.05, 0) is 49.2 Å². The summed E-state index contributed by atoms with van der Waals surface area (Å²) in [5.74, 6) is 1.35. The Kier molecular flexibility index (Phi) is 7.10. The Hall–Kier alpha value is -4.78. The van der Waals surface area contributed by atoms with Gasteiger partial charge in [-0.3, -0.25) is 4.98 Å². The van der Waals surface area contributed by atoms with Crippen molar-refractivity contribution in [1.29, 1.82) is 0 Å². The number of nitrogens with zero attached hydrogens (tertiary/aromatic N) is 7. The van der Waals surface area contributed by atoms with E-state index >= 15 is 0 Å². The Labute approximate surface area is 229 Å². The number of carbonyl (C=O) groups excluding carboxylic acids is 1. The van der Waals surface area contributed by atoms with Crippen molar-refractivity contribution in [3.05, 3.63) is 55.0 Å².